The summed E-state index contributed by atoms with van der Waals surface area (Å²) in [5.41, 5.74) is 1.30. The number of anilines is 1. The molecule has 0 unspecified atom stereocenters. The van der Waals surface area contributed by atoms with Crippen LogP contribution in [-0.4, -0.2) is 43.6 Å². The first-order valence-electron chi connectivity index (χ1n) is 8.22. The number of para-hydroxylation sites is 1. The van der Waals surface area contributed by atoms with Crippen LogP contribution < -0.4 is 10.2 Å². The maximum atomic E-state index is 5.36. The molecule has 0 aliphatic carbocycles. The summed E-state index contributed by atoms with van der Waals surface area (Å²) >= 11 is 0. The lowest BCUT2D eigenvalue weighted by Gasteiger charge is -2.37. The molecule has 5 nitrogen and oxygen atoms in total. The summed E-state index contributed by atoms with van der Waals surface area (Å²) in [6, 6.07) is 14.5. The van der Waals surface area contributed by atoms with Crippen molar-refractivity contribution < 1.29 is 4.42 Å². The van der Waals surface area contributed by atoms with Crippen molar-refractivity contribution in [3.8, 4) is 0 Å². The van der Waals surface area contributed by atoms with Crippen LogP contribution >= 0.6 is 0 Å². The van der Waals surface area contributed by atoms with Crippen LogP contribution in [0.4, 0.5) is 5.69 Å². The highest BCUT2D eigenvalue weighted by Gasteiger charge is 2.19. The standard InChI is InChI=1S/C18H24N4O/c1-2-19-18(20-15-17-9-6-14-23-17)22-12-10-21(11-13-22)16-7-4-3-5-8-16/h3-9,14H,2,10-13,15H2,1H3,(H,19,20). The first-order chi connectivity index (χ1) is 11.4. The van der Waals surface area contributed by atoms with Gasteiger partial charge in [-0.25, -0.2) is 4.99 Å². The third-order valence-electron chi connectivity index (χ3n) is 4.00. The van der Waals surface area contributed by atoms with Crippen LogP contribution in [0.15, 0.2) is 58.1 Å². The number of piperazine rings is 1. The van der Waals surface area contributed by atoms with Crippen LogP contribution in [0.1, 0.15) is 12.7 Å². The Morgan fingerprint density at radius 1 is 1.09 bits per heavy atom. The monoisotopic (exact) mass is 312 g/mol. The van der Waals surface area contributed by atoms with Crippen molar-refractivity contribution in [2.75, 3.05) is 37.6 Å². The molecule has 2 heterocycles. The summed E-state index contributed by atoms with van der Waals surface area (Å²) in [5.74, 6) is 1.86. The Hall–Kier alpha value is -2.43. The number of hydrogen-bond donors (Lipinski definition) is 1. The van der Waals surface area contributed by atoms with Crippen LogP contribution in [0.5, 0.6) is 0 Å². The van der Waals surface area contributed by atoms with Crippen LogP contribution in [0.2, 0.25) is 0 Å². The predicted octanol–water partition coefficient (Wildman–Crippen LogP) is 2.57. The highest BCUT2D eigenvalue weighted by molar-refractivity contribution is 5.80. The van der Waals surface area contributed by atoms with E-state index >= 15 is 0 Å². The Balaban J connectivity index is 1.60. The van der Waals surface area contributed by atoms with E-state index in [2.05, 4.69) is 52.4 Å². The number of nitrogens with zero attached hydrogens (tertiary/aromatic N) is 3. The van der Waals surface area contributed by atoms with E-state index in [0.29, 0.717) is 6.54 Å². The van der Waals surface area contributed by atoms with E-state index < -0.39 is 0 Å². The normalized spacial score (nSPS) is 15.8. The molecule has 23 heavy (non-hydrogen) atoms. The number of furan rings is 1. The Morgan fingerprint density at radius 3 is 2.52 bits per heavy atom. The molecule has 0 atom stereocenters. The molecule has 1 N–H and O–H groups in total. The second kappa shape index (κ2) is 7.72. The zero-order chi connectivity index (χ0) is 15.9. The molecule has 5 heteroatoms. The van der Waals surface area contributed by atoms with Crippen molar-refractivity contribution in [2.45, 2.75) is 13.5 Å². The van der Waals surface area contributed by atoms with Crippen LogP contribution in [-0.2, 0) is 6.54 Å². The van der Waals surface area contributed by atoms with Crippen molar-refractivity contribution in [3.05, 3.63) is 54.5 Å². The third kappa shape index (κ3) is 4.06. The highest BCUT2D eigenvalue weighted by Crippen LogP contribution is 2.15. The van der Waals surface area contributed by atoms with Gasteiger partial charge in [0.1, 0.15) is 12.3 Å². The third-order valence-corrected chi connectivity index (χ3v) is 4.00. The Morgan fingerprint density at radius 2 is 1.87 bits per heavy atom. The molecule has 1 aromatic carbocycles. The summed E-state index contributed by atoms with van der Waals surface area (Å²) in [6.45, 7) is 7.51. The number of nitrogens with one attached hydrogen (secondary N) is 1. The lowest BCUT2D eigenvalue weighted by Crippen LogP contribution is -2.52. The Bertz CT molecular complexity index is 601. The number of guanidine groups is 1. The molecular formula is C18H24N4O. The van der Waals surface area contributed by atoms with Crippen LogP contribution in [0.25, 0.3) is 0 Å². The number of aliphatic imine (C=N–C) groups is 1. The number of rotatable bonds is 4. The van der Waals surface area contributed by atoms with E-state index in [1.807, 2.05) is 12.1 Å². The summed E-state index contributed by atoms with van der Waals surface area (Å²) in [6.07, 6.45) is 1.69. The lowest BCUT2D eigenvalue weighted by atomic mass is 10.2. The second-order valence-electron chi connectivity index (χ2n) is 5.56. The van der Waals surface area contributed by atoms with E-state index in [1.54, 1.807) is 6.26 Å². The average molecular weight is 312 g/mol. The SMILES string of the molecule is CCNC(=NCc1ccco1)N1CCN(c2ccccc2)CC1. The van der Waals surface area contributed by atoms with Crippen LogP contribution in [0, 0.1) is 0 Å². The lowest BCUT2D eigenvalue weighted by molar-refractivity contribution is 0.371. The van der Waals surface area contributed by atoms with E-state index in [4.69, 9.17) is 9.41 Å². The maximum absolute atomic E-state index is 5.36. The van der Waals surface area contributed by atoms with E-state index in [9.17, 15) is 0 Å². The first kappa shape index (κ1) is 15.5. The highest BCUT2D eigenvalue weighted by atomic mass is 16.3. The minimum atomic E-state index is 0.578. The predicted molar refractivity (Wildman–Crippen MR) is 93.8 cm³/mol. The average Bonchev–Trinajstić information content (AvgIpc) is 3.13. The van der Waals surface area contributed by atoms with Crippen molar-refractivity contribution in [1.29, 1.82) is 0 Å². The van der Waals surface area contributed by atoms with E-state index in [1.165, 1.54) is 5.69 Å². The summed E-state index contributed by atoms with van der Waals surface area (Å²) in [5, 5.41) is 3.39. The fourth-order valence-corrected chi connectivity index (χ4v) is 2.80. The first-order valence-corrected chi connectivity index (χ1v) is 8.22. The molecule has 3 rings (SSSR count). The Labute approximate surface area is 137 Å². The van der Waals surface area contributed by atoms with Gasteiger partial charge in [-0.2, -0.15) is 0 Å². The Kier molecular flexibility index (Phi) is 5.19. The van der Waals surface area contributed by atoms with Gasteiger partial charge < -0.3 is 19.5 Å². The molecule has 1 fully saturated rings. The molecule has 1 aliphatic rings. The van der Waals surface area contributed by atoms with Gasteiger partial charge in [-0.3, -0.25) is 0 Å². The molecule has 1 aromatic heterocycles. The van der Waals surface area contributed by atoms with Crippen molar-refractivity contribution in [2.24, 2.45) is 4.99 Å². The molecule has 122 valence electrons. The molecule has 0 saturated carbocycles. The molecule has 1 aliphatic heterocycles. The number of hydrogen-bond acceptors (Lipinski definition) is 3. The molecule has 0 radical (unpaired) electrons. The molecular weight excluding hydrogens is 288 g/mol. The fourth-order valence-electron chi connectivity index (χ4n) is 2.80. The largest absolute Gasteiger partial charge is 0.467 e. The van der Waals surface area contributed by atoms with Crippen molar-refractivity contribution in [1.82, 2.24) is 10.2 Å². The minimum absolute atomic E-state index is 0.578. The quantitative estimate of drug-likeness (QED) is 0.696. The van der Waals surface area contributed by atoms with Gasteiger partial charge in [0.2, 0.25) is 0 Å². The molecule has 2 aromatic rings. The fraction of sp³-hybridized carbons (Fsp3) is 0.389. The van der Waals surface area contributed by atoms with Gasteiger partial charge in [0, 0.05) is 38.4 Å². The molecule has 1 saturated heterocycles. The van der Waals surface area contributed by atoms with Gasteiger partial charge in [0.25, 0.3) is 0 Å². The van der Waals surface area contributed by atoms with Gasteiger partial charge >= 0.3 is 0 Å². The minimum Gasteiger partial charge on any atom is -0.467 e. The zero-order valence-electron chi connectivity index (χ0n) is 13.6. The topological polar surface area (TPSA) is 44.0 Å². The summed E-state index contributed by atoms with van der Waals surface area (Å²) < 4.78 is 5.36. The van der Waals surface area contributed by atoms with E-state index in [0.717, 1.165) is 44.4 Å². The maximum Gasteiger partial charge on any atom is 0.194 e. The van der Waals surface area contributed by atoms with Gasteiger partial charge in [-0.15, -0.1) is 0 Å². The zero-order valence-corrected chi connectivity index (χ0v) is 13.6. The molecule has 0 bridgehead atoms. The van der Waals surface area contributed by atoms with Gasteiger partial charge in [-0.1, -0.05) is 18.2 Å². The summed E-state index contributed by atoms with van der Waals surface area (Å²) in [7, 11) is 0. The smallest absolute Gasteiger partial charge is 0.194 e. The van der Waals surface area contributed by atoms with Crippen molar-refractivity contribution in [3.63, 3.8) is 0 Å². The van der Waals surface area contributed by atoms with Crippen molar-refractivity contribution >= 4 is 11.6 Å². The molecule has 0 amide bonds. The summed E-state index contributed by atoms with van der Waals surface area (Å²) in [4.78, 5) is 9.45. The molecule has 0 spiro atoms. The van der Waals surface area contributed by atoms with Gasteiger partial charge in [-0.05, 0) is 31.2 Å². The van der Waals surface area contributed by atoms with Crippen LogP contribution in [0.3, 0.4) is 0 Å². The van der Waals surface area contributed by atoms with Gasteiger partial charge in [0.15, 0.2) is 5.96 Å². The van der Waals surface area contributed by atoms with E-state index in [-0.39, 0.29) is 0 Å². The second-order valence-corrected chi connectivity index (χ2v) is 5.56. The van der Waals surface area contributed by atoms with Gasteiger partial charge in [0.05, 0.1) is 6.26 Å². The number of benzene rings is 1.